The second kappa shape index (κ2) is 8.98. The average Bonchev–Trinajstić information content (AvgIpc) is 2.78. The molecule has 1 aromatic heterocycles. The predicted molar refractivity (Wildman–Crippen MR) is 117 cm³/mol. The normalized spacial score (nSPS) is 10.7. The zero-order chi connectivity index (χ0) is 19.9. The number of nitrogens with one attached hydrogen (secondary N) is 1. The summed E-state index contributed by atoms with van der Waals surface area (Å²) in [6.45, 7) is 0. The quantitative estimate of drug-likeness (QED) is 0.485. The van der Waals surface area contributed by atoms with E-state index in [0.29, 0.717) is 0 Å². The van der Waals surface area contributed by atoms with Crippen LogP contribution in [-0.2, 0) is 11.2 Å². The third-order valence-corrected chi connectivity index (χ3v) is 4.91. The number of benzene rings is 3. The molecule has 0 bridgehead atoms. The highest BCUT2D eigenvalue weighted by atomic mass is 16.1. The molecule has 0 aliphatic rings. The summed E-state index contributed by atoms with van der Waals surface area (Å²) in [5, 5.41) is 3.08. The number of hydrogen-bond acceptors (Lipinski definition) is 2. The molecule has 1 heterocycles. The SMILES string of the molecule is O=C(Nc1ccc(Cc2ccncc2)cc1)C(c1ccccc1)c1ccccc1. The van der Waals surface area contributed by atoms with Crippen LogP contribution in [0.3, 0.4) is 0 Å². The van der Waals surface area contributed by atoms with Gasteiger partial charge in [0.2, 0.25) is 5.91 Å². The maximum Gasteiger partial charge on any atom is 0.236 e. The lowest BCUT2D eigenvalue weighted by atomic mass is 9.90. The zero-order valence-corrected chi connectivity index (χ0v) is 16.0. The molecule has 1 N–H and O–H groups in total. The number of anilines is 1. The van der Waals surface area contributed by atoms with Gasteiger partial charge in [0.1, 0.15) is 0 Å². The first-order valence-electron chi connectivity index (χ1n) is 9.68. The Balaban J connectivity index is 1.52. The molecule has 0 fully saturated rings. The Bertz CT molecular complexity index is 1010. The standard InChI is InChI=1S/C26H22N2O/c29-26(25(22-7-3-1-4-8-22)23-9-5-2-6-10-23)28-24-13-11-20(12-14-24)19-21-15-17-27-18-16-21/h1-18,25H,19H2,(H,28,29). The fourth-order valence-electron chi connectivity index (χ4n) is 3.44. The minimum absolute atomic E-state index is 0.0377. The molecule has 3 aromatic carbocycles. The summed E-state index contributed by atoms with van der Waals surface area (Å²) in [6, 6.07) is 31.8. The van der Waals surface area contributed by atoms with Crippen LogP contribution in [0.15, 0.2) is 109 Å². The summed E-state index contributed by atoms with van der Waals surface area (Å²) in [5.74, 6) is -0.391. The van der Waals surface area contributed by atoms with E-state index in [1.807, 2.05) is 84.9 Å². The van der Waals surface area contributed by atoms with Gasteiger partial charge in [-0.05, 0) is 52.9 Å². The van der Waals surface area contributed by atoms with Crippen molar-refractivity contribution >= 4 is 11.6 Å². The first-order valence-corrected chi connectivity index (χ1v) is 9.68. The van der Waals surface area contributed by atoms with Crippen molar-refractivity contribution in [1.29, 1.82) is 0 Å². The minimum atomic E-state index is -0.353. The zero-order valence-electron chi connectivity index (χ0n) is 16.0. The van der Waals surface area contributed by atoms with E-state index in [9.17, 15) is 4.79 Å². The maximum absolute atomic E-state index is 13.2. The fraction of sp³-hybridized carbons (Fsp3) is 0.0769. The van der Waals surface area contributed by atoms with Crippen molar-refractivity contribution in [2.24, 2.45) is 0 Å². The lowest BCUT2D eigenvalue weighted by molar-refractivity contribution is -0.116. The molecule has 0 atom stereocenters. The van der Waals surface area contributed by atoms with Crippen molar-refractivity contribution in [2.45, 2.75) is 12.3 Å². The number of amides is 1. The van der Waals surface area contributed by atoms with Gasteiger partial charge in [-0.15, -0.1) is 0 Å². The van der Waals surface area contributed by atoms with Crippen molar-refractivity contribution < 1.29 is 4.79 Å². The first kappa shape index (κ1) is 18.6. The van der Waals surface area contributed by atoms with Crippen LogP contribution < -0.4 is 5.32 Å². The smallest absolute Gasteiger partial charge is 0.236 e. The van der Waals surface area contributed by atoms with Gasteiger partial charge < -0.3 is 5.32 Å². The van der Waals surface area contributed by atoms with E-state index in [0.717, 1.165) is 23.2 Å². The van der Waals surface area contributed by atoms with Crippen LogP contribution in [0, 0.1) is 0 Å². The molecule has 4 rings (SSSR count). The number of carbonyl (C=O) groups excluding carboxylic acids is 1. The van der Waals surface area contributed by atoms with Gasteiger partial charge in [0.05, 0.1) is 5.92 Å². The number of hydrogen-bond donors (Lipinski definition) is 1. The van der Waals surface area contributed by atoms with E-state index in [1.54, 1.807) is 12.4 Å². The number of rotatable bonds is 6. The molecule has 3 nitrogen and oxygen atoms in total. The van der Waals surface area contributed by atoms with Crippen LogP contribution in [0.1, 0.15) is 28.2 Å². The summed E-state index contributed by atoms with van der Waals surface area (Å²) in [5.41, 5.74) is 5.16. The summed E-state index contributed by atoms with van der Waals surface area (Å²) in [7, 11) is 0. The Hall–Kier alpha value is -3.72. The second-order valence-corrected chi connectivity index (χ2v) is 6.97. The molecular weight excluding hydrogens is 356 g/mol. The van der Waals surface area contributed by atoms with Crippen LogP contribution in [0.5, 0.6) is 0 Å². The van der Waals surface area contributed by atoms with Gasteiger partial charge in [0.15, 0.2) is 0 Å². The van der Waals surface area contributed by atoms with Crippen LogP contribution in [0.2, 0.25) is 0 Å². The molecule has 29 heavy (non-hydrogen) atoms. The van der Waals surface area contributed by atoms with Gasteiger partial charge >= 0.3 is 0 Å². The van der Waals surface area contributed by atoms with Gasteiger partial charge in [0.25, 0.3) is 0 Å². The van der Waals surface area contributed by atoms with Crippen LogP contribution >= 0.6 is 0 Å². The highest BCUT2D eigenvalue weighted by Gasteiger charge is 2.22. The van der Waals surface area contributed by atoms with E-state index in [2.05, 4.69) is 22.4 Å². The highest BCUT2D eigenvalue weighted by molar-refractivity contribution is 5.98. The molecule has 142 valence electrons. The van der Waals surface area contributed by atoms with E-state index in [1.165, 1.54) is 11.1 Å². The summed E-state index contributed by atoms with van der Waals surface area (Å²) >= 11 is 0. The molecular formula is C26H22N2O. The number of carbonyl (C=O) groups is 1. The molecule has 1 amide bonds. The fourth-order valence-corrected chi connectivity index (χ4v) is 3.44. The third kappa shape index (κ3) is 4.77. The Morgan fingerprint density at radius 1 is 0.690 bits per heavy atom. The van der Waals surface area contributed by atoms with Crippen molar-refractivity contribution in [2.75, 3.05) is 5.32 Å². The molecule has 0 aliphatic heterocycles. The number of pyridine rings is 1. The summed E-state index contributed by atoms with van der Waals surface area (Å²) in [4.78, 5) is 17.2. The lowest BCUT2D eigenvalue weighted by Gasteiger charge is -2.18. The van der Waals surface area contributed by atoms with Crippen LogP contribution in [-0.4, -0.2) is 10.9 Å². The minimum Gasteiger partial charge on any atom is -0.325 e. The molecule has 0 aliphatic carbocycles. The van der Waals surface area contributed by atoms with E-state index in [4.69, 9.17) is 0 Å². The van der Waals surface area contributed by atoms with Crippen molar-refractivity contribution in [1.82, 2.24) is 4.98 Å². The molecule has 0 saturated heterocycles. The second-order valence-electron chi connectivity index (χ2n) is 6.97. The monoisotopic (exact) mass is 378 g/mol. The first-order chi connectivity index (χ1) is 14.3. The van der Waals surface area contributed by atoms with Crippen molar-refractivity contribution in [3.63, 3.8) is 0 Å². The van der Waals surface area contributed by atoms with Gasteiger partial charge in [-0.25, -0.2) is 0 Å². The third-order valence-electron chi connectivity index (χ3n) is 4.91. The summed E-state index contributed by atoms with van der Waals surface area (Å²) in [6.07, 6.45) is 4.45. The molecule has 3 heteroatoms. The molecule has 4 aromatic rings. The van der Waals surface area contributed by atoms with Crippen molar-refractivity contribution in [3.05, 3.63) is 132 Å². The van der Waals surface area contributed by atoms with Crippen LogP contribution in [0.4, 0.5) is 5.69 Å². The summed E-state index contributed by atoms with van der Waals surface area (Å²) < 4.78 is 0. The van der Waals surface area contributed by atoms with Gasteiger partial charge in [-0.2, -0.15) is 0 Å². The largest absolute Gasteiger partial charge is 0.325 e. The number of aromatic nitrogens is 1. The molecule has 0 saturated carbocycles. The molecule has 0 unspecified atom stereocenters. The maximum atomic E-state index is 13.2. The van der Waals surface area contributed by atoms with E-state index in [-0.39, 0.29) is 11.8 Å². The Kier molecular flexibility index (Phi) is 5.77. The van der Waals surface area contributed by atoms with Crippen molar-refractivity contribution in [3.8, 4) is 0 Å². The van der Waals surface area contributed by atoms with Crippen LogP contribution in [0.25, 0.3) is 0 Å². The Morgan fingerprint density at radius 2 is 1.21 bits per heavy atom. The van der Waals surface area contributed by atoms with E-state index < -0.39 is 0 Å². The number of nitrogens with zero attached hydrogens (tertiary/aromatic N) is 1. The van der Waals surface area contributed by atoms with Gasteiger partial charge in [-0.1, -0.05) is 72.8 Å². The molecule has 0 spiro atoms. The van der Waals surface area contributed by atoms with E-state index >= 15 is 0 Å². The average molecular weight is 378 g/mol. The Labute approximate surface area is 171 Å². The van der Waals surface area contributed by atoms with Gasteiger partial charge in [0, 0.05) is 18.1 Å². The highest BCUT2D eigenvalue weighted by Crippen LogP contribution is 2.26. The molecule has 0 radical (unpaired) electrons. The topological polar surface area (TPSA) is 42.0 Å². The van der Waals surface area contributed by atoms with Gasteiger partial charge in [-0.3, -0.25) is 9.78 Å². The Morgan fingerprint density at radius 3 is 1.76 bits per heavy atom. The predicted octanol–water partition coefficient (Wildman–Crippen LogP) is 5.44. The lowest BCUT2D eigenvalue weighted by Crippen LogP contribution is -2.22.